The van der Waals surface area contributed by atoms with Gasteiger partial charge in [0.05, 0.1) is 0 Å². The molecule has 0 atom stereocenters. The molecule has 0 spiro atoms. The van der Waals surface area contributed by atoms with Crippen molar-refractivity contribution in [2.24, 2.45) is 0 Å². The van der Waals surface area contributed by atoms with Crippen LogP contribution in [-0.2, 0) is 0 Å². The lowest BCUT2D eigenvalue weighted by Gasteiger charge is -2.19. The first kappa shape index (κ1) is 39.5. The van der Waals surface area contributed by atoms with Gasteiger partial charge < -0.3 is 0 Å². The molecular weight excluding hydrogens is 817 g/mol. The predicted molar refractivity (Wildman–Crippen MR) is 294 cm³/mol. The highest BCUT2D eigenvalue weighted by Crippen LogP contribution is 2.47. The monoisotopic (exact) mass is 860 g/mol. The molecule has 0 amide bonds. The van der Waals surface area contributed by atoms with Gasteiger partial charge in [-0.3, -0.25) is 0 Å². The fourth-order valence-corrected chi connectivity index (χ4v) is 10.8. The van der Waals surface area contributed by atoms with Crippen LogP contribution in [0.25, 0.3) is 132 Å². The van der Waals surface area contributed by atoms with E-state index >= 15 is 0 Å². The second kappa shape index (κ2) is 16.5. The Morgan fingerprint density at radius 2 is 0.500 bits per heavy atom. The lowest BCUT2D eigenvalue weighted by atomic mass is 9.84. The molecule has 0 aliphatic carbocycles. The summed E-state index contributed by atoms with van der Waals surface area (Å²) >= 11 is 0. The molecule has 0 radical (unpaired) electrons. The fourth-order valence-electron chi connectivity index (χ4n) is 10.8. The quantitative estimate of drug-likeness (QED) is 0.111. The summed E-state index contributed by atoms with van der Waals surface area (Å²) < 4.78 is 0. The Morgan fingerprint density at radius 1 is 0.176 bits per heavy atom. The van der Waals surface area contributed by atoms with Gasteiger partial charge in [0, 0.05) is 0 Å². The molecule has 0 bridgehead atoms. The van der Waals surface area contributed by atoms with Gasteiger partial charge in [-0.15, -0.1) is 0 Å². The largest absolute Gasteiger partial charge is 0.0622 e. The molecule has 0 heterocycles. The minimum absolute atomic E-state index is 1.18. The second-order valence-electron chi connectivity index (χ2n) is 18.0. The standard InChI is InChI=1S/C68H44/c1-2-14-45(15-3-1)26-27-46-28-30-50(31-29-46)65-57-20-8-10-22-59(57)66(60-23-11-9-21-58(60)65)51-36-32-49(33-37-51)54-40-41-63-64(44-54)68(56-39-35-48-17-5-7-19-53(48)43-56)62-25-13-12-24-61(62)67(63)55-38-34-47-16-4-6-18-52(47)42-55/h1-44H/b27-26+. The summed E-state index contributed by atoms with van der Waals surface area (Å²) in [6.07, 6.45) is 4.36. The molecule has 0 N–H and O–H groups in total. The molecule has 0 heteroatoms. The lowest BCUT2D eigenvalue weighted by Crippen LogP contribution is -1.92. The van der Waals surface area contributed by atoms with Gasteiger partial charge in [0.25, 0.3) is 0 Å². The number of benzene rings is 13. The van der Waals surface area contributed by atoms with Gasteiger partial charge in [-0.1, -0.05) is 249 Å². The van der Waals surface area contributed by atoms with Gasteiger partial charge in [0.2, 0.25) is 0 Å². The van der Waals surface area contributed by atoms with Crippen molar-refractivity contribution in [3.8, 4) is 55.6 Å². The minimum atomic E-state index is 1.18. The van der Waals surface area contributed by atoms with Gasteiger partial charge in [0.15, 0.2) is 0 Å². The zero-order valence-electron chi connectivity index (χ0n) is 37.4. The maximum Gasteiger partial charge on any atom is -0.00259 e. The first-order valence-corrected chi connectivity index (χ1v) is 23.6. The fraction of sp³-hybridized carbons (Fsp3) is 0. The molecule has 0 unspecified atom stereocenters. The Hall–Kier alpha value is -8.84. The molecule has 0 nitrogen and oxygen atoms in total. The molecule has 316 valence electrons. The Kier molecular flexibility index (Phi) is 9.62. The first-order valence-electron chi connectivity index (χ1n) is 23.6. The van der Waals surface area contributed by atoms with E-state index in [1.165, 1.54) is 131 Å². The maximum atomic E-state index is 2.44. The number of rotatable bonds is 7. The second-order valence-corrected chi connectivity index (χ2v) is 18.0. The highest BCUT2D eigenvalue weighted by atomic mass is 14.2. The summed E-state index contributed by atoms with van der Waals surface area (Å²) in [5.41, 5.74) is 14.7. The van der Waals surface area contributed by atoms with Crippen molar-refractivity contribution in [3.63, 3.8) is 0 Å². The van der Waals surface area contributed by atoms with E-state index in [-0.39, 0.29) is 0 Å². The highest BCUT2D eigenvalue weighted by molar-refractivity contribution is 6.23. The molecule has 0 aliphatic rings. The summed E-state index contributed by atoms with van der Waals surface area (Å²) in [7, 11) is 0. The zero-order valence-corrected chi connectivity index (χ0v) is 37.4. The summed E-state index contributed by atoms with van der Waals surface area (Å²) in [5.74, 6) is 0. The van der Waals surface area contributed by atoms with Gasteiger partial charge in [-0.25, -0.2) is 0 Å². The van der Waals surface area contributed by atoms with Crippen molar-refractivity contribution in [1.29, 1.82) is 0 Å². The average molecular weight is 861 g/mol. The van der Waals surface area contributed by atoms with Crippen molar-refractivity contribution in [1.82, 2.24) is 0 Å². The average Bonchev–Trinajstić information content (AvgIpc) is 3.41. The molecule has 0 aliphatic heterocycles. The third-order valence-electron chi connectivity index (χ3n) is 14.0. The van der Waals surface area contributed by atoms with E-state index in [1.54, 1.807) is 0 Å². The molecule has 13 aromatic rings. The van der Waals surface area contributed by atoms with Gasteiger partial charge in [-0.2, -0.15) is 0 Å². The topological polar surface area (TPSA) is 0 Å². The first-order chi connectivity index (χ1) is 33.7. The van der Waals surface area contributed by atoms with Crippen LogP contribution in [0.3, 0.4) is 0 Å². The number of fused-ring (bicyclic) bond motifs is 6. The third-order valence-corrected chi connectivity index (χ3v) is 14.0. The van der Waals surface area contributed by atoms with Gasteiger partial charge >= 0.3 is 0 Å². The molecule has 0 saturated carbocycles. The van der Waals surface area contributed by atoms with E-state index in [1.807, 2.05) is 0 Å². The minimum Gasteiger partial charge on any atom is -0.0622 e. The van der Waals surface area contributed by atoms with Crippen LogP contribution in [0.4, 0.5) is 0 Å². The number of hydrogen-bond acceptors (Lipinski definition) is 0. The third kappa shape index (κ3) is 6.86. The van der Waals surface area contributed by atoms with Crippen LogP contribution < -0.4 is 0 Å². The Balaban J connectivity index is 0.953. The van der Waals surface area contributed by atoms with E-state index in [9.17, 15) is 0 Å². The molecule has 13 aromatic carbocycles. The molecule has 13 rings (SSSR count). The van der Waals surface area contributed by atoms with Crippen LogP contribution in [0.2, 0.25) is 0 Å². The van der Waals surface area contributed by atoms with Crippen LogP contribution in [0, 0.1) is 0 Å². The Labute approximate surface area is 396 Å². The molecule has 0 aromatic heterocycles. The Bertz CT molecular complexity index is 4040. The smallest absolute Gasteiger partial charge is 0.00259 e. The summed E-state index contributed by atoms with van der Waals surface area (Å²) in [6, 6.07) is 94.0. The van der Waals surface area contributed by atoms with Gasteiger partial charge in [0.1, 0.15) is 0 Å². The molecule has 0 fully saturated rings. The van der Waals surface area contributed by atoms with Crippen LogP contribution >= 0.6 is 0 Å². The normalized spacial score (nSPS) is 11.8. The lowest BCUT2D eigenvalue weighted by molar-refractivity contribution is 1.62. The Morgan fingerprint density at radius 3 is 0.985 bits per heavy atom. The van der Waals surface area contributed by atoms with Crippen LogP contribution in [0.1, 0.15) is 11.1 Å². The van der Waals surface area contributed by atoms with Crippen molar-refractivity contribution in [2.75, 3.05) is 0 Å². The number of hydrogen-bond donors (Lipinski definition) is 0. The van der Waals surface area contributed by atoms with Crippen LogP contribution in [-0.4, -0.2) is 0 Å². The van der Waals surface area contributed by atoms with E-state index in [2.05, 4.69) is 267 Å². The van der Waals surface area contributed by atoms with Crippen molar-refractivity contribution in [3.05, 3.63) is 266 Å². The summed E-state index contributed by atoms with van der Waals surface area (Å²) in [4.78, 5) is 0. The van der Waals surface area contributed by atoms with Crippen molar-refractivity contribution < 1.29 is 0 Å². The van der Waals surface area contributed by atoms with Crippen molar-refractivity contribution in [2.45, 2.75) is 0 Å². The van der Waals surface area contributed by atoms with E-state index in [0.29, 0.717) is 0 Å². The highest BCUT2D eigenvalue weighted by Gasteiger charge is 2.20. The van der Waals surface area contributed by atoms with E-state index in [4.69, 9.17) is 0 Å². The zero-order chi connectivity index (χ0) is 45.0. The predicted octanol–water partition coefficient (Wildman–Crippen LogP) is 19.1. The van der Waals surface area contributed by atoms with Crippen molar-refractivity contribution >= 4 is 76.8 Å². The maximum absolute atomic E-state index is 2.44. The van der Waals surface area contributed by atoms with Gasteiger partial charge in [-0.05, 0) is 150 Å². The van der Waals surface area contributed by atoms with E-state index in [0.717, 1.165) is 0 Å². The molecule has 68 heavy (non-hydrogen) atoms. The van der Waals surface area contributed by atoms with Crippen LogP contribution in [0.5, 0.6) is 0 Å². The van der Waals surface area contributed by atoms with Crippen LogP contribution in [0.15, 0.2) is 255 Å². The molecule has 0 saturated heterocycles. The molecular formula is C68H44. The summed E-state index contributed by atoms with van der Waals surface area (Å²) in [5, 5.41) is 15.0. The SMILES string of the molecule is C(=C\c1ccc(-c2c3ccccc3c(-c3ccc(-c4ccc5c(-c6ccc7ccccc7c6)c6ccccc6c(-c6ccc7ccccc7c6)c5c4)cc3)c3ccccc23)cc1)/c1ccccc1. The van der Waals surface area contributed by atoms with E-state index < -0.39 is 0 Å². The summed E-state index contributed by atoms with van der Waals surface area (Å²) in [6.45, 7) is 0.